The molecule has 0 bridgehead atoms. The van der Waals surface area contributed by atoms with Gasteiger partial charge < -0.3 is 18.9 Å². The lowest BCUT2D eigenvalue weighted by Crippen LogP contribution is -2.38. The number of carbonyl (C=O) groups is 1. The second kappa shape index (κ2) is 6.89. The van der Waals surface area contributed by atoms with Crippen LogP contribution < -0.4 is 0 Å². The van der Waals surface area contributed by atoms with Gasteiger partial charge in [0.15, 0.2) is 11.5 Å². The van der Waals surface area contributed by atoms with Crippen molar-refractivity contribution in [3.8, 4) is 11.3 Å². The third-order valence-electron chi connectivity index (χ3n) is 4.02. The third kappa shape index (κ3) is 3.25. The number of aromatic nitrogens is 2. The SMILES string of the molecule is COC[C@@H]1C[C@@H](OC)CN1C(=O)c1cc(-c2ccncc2)on1. The van der Waals surface area contributed by atoms with Crippen LogP contribution in [0.4, 0.5) is 0 Å². The van der Waals surface area contributed by atoms with Crippen molar-refractivity contribution in [3.05, 3.63) is 36.3 Å². The molecule has 0 radical (unpaired) electrons. The number of hydrogen-bond donors (Lipinski definition) is 0. The van der Waals surface area contributed by atoms with Crippen LogP contribution in [-0.4, -0.2) is 60.5 Å². The zero-order valence-electron chi connectivity index (χ0n) is 13.1. The Kier molecular flexibility index (Phi) is 4.68. The molecule has 3 rings (SSSR count). The van der Waals surface area contributed by atoms with Gasteiger partial charge in [0, 0.05) is 44.8 Å². The van der Waals surface area contributed by atoms with Gasteiger partial charge in [0.1, 0.15) is 0 Å². The highest BCUT2D eigenvalue weighted by atomic mass is 16.5. The second-order valence-corrected chi connectivity index (χ2v) is 5.47. The maximum Gasteiger partial charge on any atom is 0.276 e. The zero-order chi connectivity index (χ0) is 16.2. The van der Waals surface area contributed by atoms with E-state index in [4.69, 9.17) is 14.0 Å². The van der Waals surface area contributed by atoms with Gasteiger partial charge in [0.2, 0.25) is 0 Å². The fraction of sp³-hybridized carbons (Fsp3) is 0.438. The topological polar surface area (TPSA) is 77.7 Å². The number of rotatable bonds is 5. The molecule has 2 atom stereocenters. The average molecular weight is 317 g/mol. The number of nitrogens with zero attached hydrogens (tertiary/aromatic N) is 3. The molecule has 0 unspecified atom stereocenters. The number of methoxy groups -OCH3 is 2. The summed E-state index contributed by atoms with van der Waals surface area (Å²) in [5.41, 5.74) is 1.12. The highest BCUT2D eigenvalue weighted by Gasteiger charge is 2.36. The Morgan fingerprint density at radius 2 is 2.17 bits per heavy atom. The van der Waals surface area contributed by atoms with Crippen molar-refractivity contribution in [2.75, 3.05) is 27.4 Å². The monoisotopic (exact) mass is 317 g/mol. The minimum absolute atomic E-state index is 0.0153. The van der Waals surface area contributed by atoms with Crippen LogP contribution in [0.5, 0.6) is 0 Å². The minimum atomic E-state index is -0.171. The summed E-state index contributed by atoms with van der Waals surface area (Å²) >= 11 is 0. The van der Waals surface area contributed by atoms with E-state index in [-0.39, 0.29) is 23.7 Å². The van der Waals surface area contributed by atoms with Gasteiger partial charge in [-0.05, 0) is 18.6 Å². The van der Waals surface area contributed by atoms with E-state index in [2.05, 4.69) is 10.1 Å². The molecule has 0 saturated carbocycles. The molecule has 23 heavy (non-hydrogen) atoms. The van der Waals surface area contributed by atoms with Crippen molar-refractivity contribution >= 4 is 5.91 Å². The van der Waals surface area contributed by atoms with E-state index >= 15 is 0 Å². The standard InChI is InChI=1S/C16H19N3O4/c1-21-10-12-7-13(22-2)9-19(12)16(20)14-8-15(23-18-14)11-3-5-17-6-4-11/h3-6,8,12-13H,7,9-10H2,1-2H3/t12-,13+/m0/s1. The summed E-state index contributed by atoms with van der Waals surface area (Å²) in [6.07, 6.45) is 4.10. The molecule has 2 aromatic rings. The summed E-state index contributed by atoms with van der Waals surface area (Å²) in [5, 5.41) is 3.91. The van der Waals surface area contributed by atoms with Crippen LogP contribution in [0, 0.1) is 0 Å². The van der Waals surface area contributed by atoms with E-state index in [1.165, 1.54) is 0 Å². The Hall–Kier alpha value is -2.25. The quantitative estimate of drug-likeness (QED) is 0.834. The number of amides is 1. The molecule has 122 valence electrons. The number of pyridine rings is 1. The van der Waals surface area contributed by atoms with Crippen LogP contribution in [0.25, 0.3) is 11.3 Å². The smallest absolute Gasteiger partial charge is 0.276 e. The van der Waals surface area contributed by atoms with Crippen LogP contribution in [0.1, 0.15) is 16.9 Å². The molecule has 2 aromatic heterocycles. The van der Waals surface area contributed by atoms with Crippen LogP contribution >= 0.6 is 0 Å². The van der Waals surface area contributed by atoms with Crippen molar-refractivity contribution in [1.82, 2.24) is 15.0 Å². The molecule has 3 heterocycles. The Bertz CT molecular complexity index is 658. The van der Waals surface area contributed by atoms with Gasteiger partial charge in [-0.2, -0.15) is 0 Å². The van der Waals surface area contributed by atoms with Gasteiger partial charge in [-0.3, -0.25) is 9.78 Å². The molecule has 0 aromatic carbocycles. The van der Waals surface area contributed by atoms with Crippen molar-refractivity contribution in [1.29, 1.82) is 0 Å². The fourth-order valence-electron chi connectivity index (χ4n) is 2.82. The predicted molar refractivity (Wildman–Crippen MR) is 81.8 cm³/mol. The van der Waals surface area contributed by atoms with Gasteiger partial charge >= 0.3 is 0 Å². The normalized spacial score (nSPS) is 20.9. The minimum Gasteiger partial charge on any atom is -0.383 e. The molecule has 1 saturated heterocycles. The van der Waals surface area contributed by atoms with E-state index < -0.39 is 0 Å². The van der Waals surface area contributed by atoms with E-state index in [0.29, 0.717) is 18.9 Å². The number of carbonyl (C=O) groups excluding carboxylic acids is 1. The molecule has 1 amide bonds. The Morgan fingerprint density at radius 3 is 2.87 bits per heavy atom. The molecular weight excluding hydrogens is 298 g/mol. The first-order valence-electron chi connectivity index (χ1n) is 7.42. The van der Waals surface area contributed by atoms with Crippen molar-refractivity contribution in [2.24, 2.45) is 0 Å². The maximum absolute atomic E-state index is 12.7. The summed E-state index contributed by atoms with van der Waals surface area (Å²) in [7, 11) is 3.28. The predicted octanol–water partition coefficient (Wildman–Crippen LogP) is 1.61. The lowest BCUT2D eigenvalue weighted by atomic mass is 10.2. The van der Waals surface area contributed by atoms with Crippen molar-refractivity contribution in [2.45, 2.75) is 18.6 Å². The van der Waals surface area contributed by atoms with Crippen LogP contribution in [-0.2, 0) is 9.47 Å². The van der Waals surface area contributed by atoms with E-state index in [1.807, 2.05) is 0 Å². The van der Waals surface area contributed by atoms with Crippen molar-refractivity contribution < 1.29 is 18.8 Å². The maximum atomic E-state index is 12.7. The molecule has 7 heteroatoms. The largest absolute Gasteiger partial charge is 0.383 e. The van der Waals surface area contributed by atoms with Crippen molar-refractivity contribution in [3.63, 3.8) is 0 Å². The molecule has 1 fully saturated rings. The van der Waals surface area contributed by atoms with Gasteiger partial charge in [0.05, 0.1) is 18.8 Å². The van der Waals surface area contributed by atoms with Crippen LogP contribution in [0.2, 0.25) is 0 Å². The Labute approximate surface area is 134 Å². The van der Waals surface area contributed by atoms with Crippen LogP contribution in [0.3, 0.4) is 0 Å². The number of ether oxygens (including phenoxy) is 2. The van der Waals surface area contributed by atoms with Crippen LogP contribution in [0.15, 0.2) is 35.1 Å². The first kappa shape index (κ1) is 15.6. The summed E-state index contributed by atoms with van der Waals surface area (Å²) in [5.74, 6) is 0.372. The van der Waals surface area contributed by atoms with Gasteiger partial charge in [-0.15, -0.1) is 0 Å². The summed E-state index contributed by atoms with van der Waals surface area (Å²) < 4.78 is 15.9. The van der Waals surface area contributed by atoms with E-state index in [9.17, 15) is 4.79 Å². The van der Waals surface area contributed by atoms with Gasteiger partial charge in [-0.25, -0.2) is 0 Å². The highest BCUT2D eigenvalue weighted by Crippen LogP contribution is 2.25. The van der Waals surface area contributed by atoms with E-state index in [0.717, 1.165) is 12.0 Å². The molecule has 1 aliphatic heterocycles. The lowest BCUT2D eigenvalue weighted by Gasteiger charge is -2.22. The van der Waals surface area contributed by atoms with E-state index in [1.54, 1.807) is 49.7 Å². The molecule has 1 aliphatic rings. The summed E-state index contributed by atoms with van der Waals surface area (Å²) in [4.78, 5) is 18.4. The second-order valence-electron chi connectivity index (χ2n) is 5.47. The third-order valence-corrected chi connectivity index (χ3v) is 4.02. The number of hydrogen-bond acceptors (Lipinski definition) is 6. The fourth-order valence-corrected chi connectivity index (χ4v) is 2.82. The van der Waals surface area contributed by atoms with Gasteiger partial charge in [0.25, 0.3) is 5.91 Å². The lowest BCUT2D eigenvalue weighted by molar-refractivity contribution is 0.0602. The molecule has 0 N–H and O–H groups in total. The zero-order valence-corrected chi connectivity index (χ0v) is 13.1. The first-order chi connectivity index (χ1) is 11.2. The summed E-state index contributed by atoms with van der Waals surface area (Å²) in [6.45, 7) is 1.00. The Balaban J connectivity index is 1.79. The van der Waals surface area contributed by atoms with Gasteiger partial charge in [-0.1, -0.05) is 5.16 Å². The number of likely N-dealkylation sites (tertiary alicyclic amines) is 1. The molecule has 0 aliphatic carbocycles. The molecule has 0 spiro atoms. The summed E-state index contributed by atoms with van der Waals surface area (Å²) in [6, 6.07) is 5.25. The highest BCUT2D eigenvalue weighted by molar-refractivity contribution is 5.93. The molecular formula is C16H19N3O4. The molecule has 7 nitrogen and oxygen atoms in total. The Morgan fingerprint density at radius 1 is 1.39 bits per heavy atom. The average Bonchev–Trinajstić information content (AvgIpc) is 3.22. The first-order valence-corrected chi connectivity index (χ1v) is 7.42.